The third kappa shape index (κ3) is 4.76. The average molecular weight is 269 g/mol. The summed E-state index contributed by atoms with van der Waals surface area (Å²) in [7, 11) is 1.68. The molecule has 1 heterocycles. The highest BCUT2D eigenvalue weighted by molar-refractivity contribution is 5.47. The molecule has 0 spiro atoms. The van der Waals surface area contributed by atoms with E-state index >= 15 is 0 Å². The van der Waals surface area contributed by atoms with Gasteiger partial charge in [0.15, 0.2) is 0 Å². The molecule has 5 heteroatoms. The molecule has 0 aromatic carbocycles. The van der Waals surface area contributed by atoms with E-state index in [0.717, 1.165) is 24.5 Å². The number of halogens is 1. The molecule has 0 saturated heterocycles. The van der Waals surface area contributed by atoms with Gasteiger partial charge in [-0.05, 0) is 26.5 Å². The SMILES string of the molecule is CCNCc1cc(F)cnc1N(CCOC)C(C)C. The summed E-state index contributed by atoms with van der Waals surface area (Å²) in [6.45, 7) is 9.04. The number of anilines is 1. The van der Waals surface area contributed by atoms with Gasteiger partial charge in [-0.15, -0.1) is 0 Å². The van der Waals surface area contributed by atoms with Gasteiger partial charge >= 0.3 is 0 Å². The van der Waals surface area contributed by atoms with Gasteiger partial charge in [-0.3, -0.25) is 0 Å². The fourth-order valence-electron chi connectivity index (χ4n) is 1.92. The minimum atomic E-state index is -0.299. The Bertz CT molecular complexity index is 385. The van der Waals surface area contributed by atoms with Crippen LogP contribution < -0.4 is 10.2 Å². The molecule has 0 amide bonds. The number of aromatic nitrogens is 1. The second kappa shape index (κ2) is 8.07. The summed E-state index contributed by atoms with van der Waals surface area (Å²) < 4.78 is 18.5. The molecule has 1 rings (SSSR count). The van der Waals surface area contributed by atoms with Crippen molar-refractivity contribution in [3.05, 3.63) is 23.6 Å². The molecule has 0 bridgehead atoms. The quantitative estimate of drug-likeness (QED) is 0.785. The fraction of sp³-hybridized carbons (Fsp3) is 0.643. The van der Waals surface area contributed by atoms with Crippen LogP contribution >= 0.6 is 0 Å². The lowest BCUT2D eigenvalue weighted by Crippen LogP contribution is -2.35. The Labute approximate surface area is 115 Å². The summed E-state index contributed by atoms with van der Waals surface area (Å²) >= 11 is 0. The van der Waals surface area contributed by atoms with E-state index < -0.39 is 0 Å². The van der Waals surface area contributed by atoms with Crippen LogP contribution in [-0.2, 0) is 11.3 Å². The normalized spacial score (nSPS) is 11.1. The molecule has 0 aliphatic heterocycles. The number of ether oxygens (including phenoxy) is 1. The highest BCUT2D eigenvalue weighted by atomic mass is 19.1. The number of methoxy groups -OCH3 is 1. The van der Waals surface area contributed by atoms with Crippen molar-refractivity contribution in [2.75, 3.05) is 31.7 Å². The molecule has 4 nitrogen and oxygen atoms in total. The van der Waals surface area contributed by atoms with Crippen molar-refractivity contribution in [3.63, 3.8) is 0 Å². The standard InChI is InChI=1S/C14H24FN3O/c1-5-16-9-12-8-13(15)10-17-14(12)18(11(2)3)6-7-19-4/h8,10-11,16H,5-7,9H2,1-4H3. The zero-order valence-corrected chi connectivity index (χ0v) is 12.2. The summed E-state index contributed by atoms with van der Waals surface area (Å²) in [4.78, 5) is 6.40. The van der Waals surface area contributed by atoms with Crippen molar-refractivity contribution >= 4 is 5.82 Å². The van der Waals surface area contributed by atoms with Gasteiger partial charge < -0.3 is 15.0 Å². The van der Waals surface area contributed by atoms with Crippen molar-refractivity contribution in [2.24, 2.45) is 0 Å². The maximum absolute atomic E-state index is 13.4. The highest BCUT2D eigenvalue weighted by Crippen LogP contribution is 2.20. The third-order valence-electron chi connectivity index (χ3n) is 2.91. The molecular formula is C14H24FN3O. The van der Waals surface area contributed by atoms with E-state index in [-0.39, 0.29) is 11.9 Å². The van der Waals surface area contributed by atoms with Gasteiger partial charge in [-0.2, -0.15) is 0 Å². The Morgan fingerprint density at radius 3 is 2.79 bits per heavy atom. The molecule has 0 fully saturated rings. The molecule has 108 valence electrons. The molecule has 0 atom stereocenters. The first-order valence-electron chi connectivity index (χ1n) is 6.70. The summed E-state index contributed by atoms with van der Waals surface area (Å²) in [5.41, 5.74) is 0.881. The van der Waals surface area contributed by atoms with Crippen molar-refractivity contribution in [2.45, 2.75) is 33.4 Å². The lowest BCUT2D eigenvalue weighted by Gasteiger charge is -2.29. The zero-order chi connectivity index (χ0) is 14.3. The van der Waals surface area contributed by atoms with Gasteiger partial charge in [0.05, 0.1) is 12.8 Å². The van der Waals surface area contributed by atoms with Crippen LogP contribution in [0.5, 0.6) is 0 Å². The Kier molecular flexibility index (Phi) is 6.73. The van der Waals surface area contributed by atoms with E-state index in [1.54, 1.807) is 13.2 Å². The monoisotopic (exact) mass is 269 g/mol. The van der Waals surface area contributed by atoms with E-state index in [1.165, 1.54) is 6.20 Å². The van der Waals surface area contributed by atoms with Crippen LogP contribution in [0.3, 0.4) is 0 Å². The Hall–Kier alpha value is -1.20. The number of pyridine rings is 1. The van der Waals surface area contributed by atoms with E-state index in [9.17, 15) is 4.39 Å². The van der Waals surface area contributed by atoms with Gasteiger partial charge in [0, 0.05) is 31.8 Å². The van der Waals surface area contributed by atoms with Crippen LogP contribution in [0, 0.1) is 5.82 Å². The first-order chi connectivity index (χ1) is 9.10. The van der Waals surface area contributed by atoms with Crippen molar-refractivity contribution in [1.29, 1.82) is 0 Å². The number of nitrogens with one attached hydrogen (secondary N) is 1. The maximum atomic E-state index is 13.4. The van der Waals surface area contributed by atoms with E-state index in [2.05, 4.69) is 29.0 Å². The van der Waals surface area contributed by atoms with Gasteiger partial charge in [0.25, 0.3) is 0 Å². The summed E-state index contributed by atoms with van der Waals surface area (Å²) in [6, 6.07) is 1.83. The summed E-state index contributed by atoms with van der Waals surface area (Å²) in [5, 5.41) is 3.22. The molecule has 0 aliphatic carbocycles. The van der Waals surface area contributed by atoms with Crippen molar-refractivity contribution < 1.29 is 9.13 Å². The molecule has 0 unspecified atom stereocenters. The van der Waals surface area contributed by atoms with Gasteiger partial charge in [0.2, 0.25) is 0 Å². The van der Waals surface area contributed by atoms with Crippen LogP contribution in [-0.4, -0.2) is 37.8 Å². The fourth-order valence-corrected chi connectivity index (χ4v) is 1.92. The Balaban J connectivity index is 2.99. The number of rotatable bonds is 8. The number of hydrogen-bond acceptors (Lipinski definition) is 4. The third-order valence-corrected chi connectivity index (χ3v) is 2.91. The van der Waals surface area contributed by atoms with E-state index in [0.29, 0.717) is 13.2 Å². The van der Waals surface area contributed by atoms with Crippen molar-refractivity contribution in [1.82, 2.24) is 10.3 Å². The number of hydrogen-bond donors (Lipinski definition) is 1. The molecule has 1 aromatic rings. The van der Waals surface area contributed by atoms with Crippen LogP contribution in [0.2, 0.25) is 0 Å². The minimum Gasteiger partial charge on any atom is -0.383 e. The summed E-state index contributed by atoms with van der Waals surface area (Å²) in [6.07, 6.45) is 1.27. The lowest BCUT2D eigenvalue weighted by molar-refractivity contribution is 0.203. The Morgan fingerprint density at radius 2 is 2.21 bits per heavy atom. The van der Waals surface area contributed by atoms with Crippen LogP contribution in [0.25, 0.3) is 0 Å². The summed E-state index contributed by atoms with van der Waals surface area (Å²) in [5.74, 6) is 0.529. The largest absolute Gasteiger partial charge is 0.383 e. The highest BCUT2D eigenvalue weighted by Gasteiger charge is 2.16. The van der Waals surface area contributed by atoms with E-state index in [1.807, 2.05) is 6.92 Å². The Morgan fingerprint density at radius 1 is 1.47 bits per heavy atom. The average Bonchev–Trinajstić information content (AvgIpc) is 2.38. The second-order valence-corrected chi connectivity index (χ2v) is 4.70. The molecule has 1 N–H and O–H groups in total. The zero-order valence-electron chi connectivity index (χ0n) is 12.2. The predicted molar refractivity (Wildman–Crippen MR) is 75.9 cm³/mol. The molecule has 1 aromatic heterocycles. The van der Waals surface area contributed by atoms with Crippen LogP contribution in [0.1, 0.15) is 26.3 Å². The first kappa shape index (κ1) is 15.9. The number of nitrogens with zero attached hydrogens (tertiary/aromatic N) is 2. The second-order valence-electron chi connectivity index (χ2n) is 4.70. The molecule has 19 heavy (non-hydrogen) atoms. The predicted octanol–water partition coefficient (Wildman–Crippen LogP) is 2.19. The minimum absolute atomic E-state index is 0.286. The topological polar surface area (TPSA) is 37.4 Å². The molecule has 0 radical (unpaired) electrons. The van der Waals surface area contributed by atoms with E-state index in [4.69, 9.17) is 4.74 Å². The first-order valence-corrected chi connectivity index (χ1v) is 6.70. The van der Waals surface area contributed by atoms with Gasteiger partial charge in [0.1, 0.15) is 11.6 Å². The van der Waals surface area contributed by atoms with Crippen LogP contribution in [0.4, 0.5) is 10.2 Å². The van der Waals surface area contributed by atoms with Crippen molar-refractivity contribution in [3.8, 4) is 0 Å². The molecule has 0 saturated carbocycles. The van der Waals surface area contributed by atoms with Crippen LogP contribution in [0.15, 0.2) is 12.3 Å². The van der Waals surface area contributed by atoms with Gasteiger partial charge in [-0.1, -0.05) is 6.92 Å². The molecule has 0 aliphatic rings. The molecular weight excluding hydrogens is 245 g/mol. The smallest absolute Gasteiger partial charge is 0.141 e. The maximum Gasteiger partial charge on any atom is 0.141 e. The lowest BCUT2D eigenvalue weighted by atomic mass is 10.2. The van der Waals surface area contributed by atoms with Gasteiger partial charge in [-0.25, -0.2) is 9.37 Å².